The summed E-state index contributed by atoms with van der Waals surface area (Å²) in [6.45, 7) is 7.57. The van der Waals surface area contributed by atoms with Crippen LogP contribution in [-0.2, 0) is 0 Å². The molecule has 80 heavy (non-hydrogen) atoms. The second-order valence-corrected chi connectivity index (χ2v) is 20.4. The zero-order valence-electron chi connectivity index (χ0n) is 43.2. The monoisotopic (exact) mass is 1020 g/mol. The number of nitriles is 1. The molecule has 0 atom stereocenters. The first-order chi connectivity index (χ1) is 39.6. The fourth-order valence-corrected chi connectivity index (χ4v) is 12.1. The van der Waals surface area contributed by atoms with Gasteiger partial charge in [-0.1, -0.05) is 152 Å². The number of hydrogen-bond acceptors (Lipinski definition) is 3. The Bertz CT molecular complexity index is 5030. The molecule has 0 aliphatic rings. The third kappa shape index (κ3) is 7.63. The molecule has 2 aromatic heterocycles. The number of nitrogens with zero attached hydrogens (tertiary/aromatic N) is 6. The predicted octanol–water partition coefficient (Wildman–Crippen LogP) is 20.4. The van der Waals surface area contributed by atoms with Gasteiger partial charge in [-0.05, 0) is 165 Å². The molecule has 0 saturated carbocycles. The Balaban J connectivity index is 0.862. The van der Waals surface area contributed by atoms with Crippen LogP contribution in [0, 0.1) is 17.9 Å². The zero-order chi connectivity index (χ0) is 53.3. The van der Waals surface area contributed by atoms with Crippen molar-refractivity contribution in [2.24, 2.45) is 0 Å². The average molecular weight is 1020 g/mol. The van der Waals surface area contributed by atoms with E-state index < -0.39 is 0 Å². The predicted molar refractivity (Wildman–Crippen MR) is 333 cm³/mol. The van der Waals surface area contributed by atoms with E-state index in [0.717, 1.165) is 111 Å². The molecule has 0 fully saturated rings. The highest BCUT2D eigenvalue weighted by Gasteiger charge is 2.22. The van der Waals surface area contributed by atoms with Crippen molar-refractivity contribution in [2.75, 3.05) is 9.80 Å². The molecule has 15 rings (SSSR count). The summed E-state index contributed by atoms with van der Waals surface area (Å²) < 4.78 is 4.59. The summed E-state index contributed by atoms with van der Waals surface area (Å²) in [5.41, 5.74) is 16.3. The van der Waals surface area contributed by atoms with Crippen molar-refractivity contribution in [1.29, 1.82) is 5.26 Å². The number of rotatable bonds is 9. The van der Waals surface area contributed by atoms with Crippen LogP contribution in [-0.4, -0.2) is 9.13 Å². The van der Waals surface area contributed by atoms with Crippen LogP contribution in [0.1, 0.15) is 5.56 Å². The summed E-state index contributed by atoms with van der Waals surface area (Å²) in [6, 6.07) is 102. The van der Waals surface area contributed by atoms with Crippen molar-refractivity contribution < 1.29 is 0 Å². The molecular formula is C74H46N6. The highest BCUT2D eigenvalue weighted by atomic mass is 15.2. The fourth-order valence-electron chi connectivity index (χ4n) is 12.1. The van der Waals surface area contributed by atoms with Crippen molar-refractivity contribution in [3.63, 3.8) is 0 Å². The summed E-state index contributed by atoms with van der Waals surface area (Å²) in [5.74, 6) is 0. The molecule has 0 N–H and O–H groups in total. The summed E-state index contributed by atoms with van der Waals surface area (Å²) >= 11 is 0. The van der Waals surface area contributed by atoms with Gasteiger partial charge in [0.25, 0.3) is 0 Å². The van der Waals surface area contributed by atoms with Crippen LogP contribution in [0.4, 0.5) is 39.8 Å². The van der Waals surface area contributed by atoms with Crippen LogP contribution in [0.3, 0.4) is 0 Å². The Kier molecular flexibility index (Phi) is 10.9. The number of benzene rings is 13. The molecule has 372 valence electrons. The zero-order valence-corrected chi connectivity index (χ0v) is 43.2. The first kappa shape index (κ1) is 46.1. The number of anilines is 6. The van der Waals surface area contributed by atoms with Crippen LogP contribution < -0.4 is 9.80 Å². The minimum atomic E-state index is 0.620. The number of aromatic nitrogens is 2. The van der Waals surface area contributed by atoms with Crippen LogP contribution in [0.25, 0.3) is 103 Å². The Hall–Kier alpha value is -11.2. The van der Waals surface area contributed by atoms with Crippen molar-refractivity contribution in [3.8, 4) is 28.6 Å². The molecule has 0 bridgehead atoms. The standard InChI is InChI=1S/C74H46N6/c1-76-55-28-36-58(37-29-55)80-71-21-11-9-19-67(71)69-47-62(39-42-74(69)80)78(60-35-25-51-13-3-5-15-54(51)45-60)72-43-40-63(64-16-6-7-17-65(64)72)52-26-32-56(33-27-52)77(59-34-24-50-12-2-4-14-53(50)44-59)61-38-41-73-68(46-61)66-18-8-10-20-70(66)79(73)57-30-22-49(48-75)23-31-57/h2-47H. The van der Waals surface area contributed by atoms with E-state index in [4.69, 9.17) is 6.57 Å². The van der Waals surface area contributed by atoms with Gasteiger partial charge in [-0.25, -0.2) is 4.85 Å². The molecule has 13 aromatic carbocycles. The van der Waals surface area contributed by atoms with Gasteiger partial charge >= 0.3 is 0 Å². The van der Waals surface area contributed by atoms with E-state index in [-0.39, 0.29) is 0 Å². The van der Waals surface area contributed by atoms with Crippen LogP contribution in [0.15, 0.2) is 279 Å². The topological polar surface area (TPSA) is 44.5 Å². The molecule has 0 unspecified atom stereocenters. The quantitative estimate of drug-likeness (QED) is 0.135. The molecule has 0 aliphatic carbocycles. The minimum Gasteiger partial charge on any atom is -0.310 e. The molecule has 0 radical (unpaired) electrons. The maximum Gasteiger partial charge on any atom is 0.187 e. The van der Waals surface area contributed by atoms with E-state index in [9.17, 15) is 5.26 Å². The SMILES string of the molecule is [C-]#[N+]c1ccc(-n2c3ccccc3c3cc(N(c4ccc5ccccc5c4)c4ccc(-c5ccc(N(c6ccc7ccccc7c6)c6ccc7c(c6)c6ccccc6n7-c6ccc(C#N)cc6)cc5)c5ccccc45)ccc32)cc1. The van der Waals surface area contributed by atoms with E-state index in [1.54, 1.807) is 0 Å². The molecule has 0 spiro atoms. The summed E-state index contributed by atoms with van der Waals surface area (Å²) in [6.07, 6.45) is 0. The number of fused-ring (bicyclic) bond motifs is 9. The first-order valence-electron chi connectivity index (χ1n) is 26.8. The highest BCUT2D eigenvalue weighted by Crippen LogP contribution is 2.46. The van der Waals surface area contributed by atoms with Crippen molar-refractivity contribution in [3.05, 3.63) is 296 Å². The molecule has 2 heterocycles. The highest BCUT2D eigenvalue weighted by molar-refractivity contribution is 6.13. The van der Waals surface area contributed by atoms with Gasteiger partial charge in [-0.15, -0.1) is 0 Å². The van der Waals surface area contributed by atoms with E-state index in [1.165, 1.54) is 21.5 Å². The smallest absolute Gasteiger partial charge is 0.187 e. The van der Waals surface area contributed by atoms with E-state index >= 15 is 0 Å². The fraction of sp³-hybridized carbons (Fsp3) is 0. The summed E-state index contributed by atoms with van der Waals surface area (Å²) in [4.78, 5) is 8.44. The van der Waals surface area contributed by atoms with E-state index in [2.05, 4.69) is 260 Å². The van der Waals surface area contributed by atoms with E-state index in [1.807, 2.05) is 48.5 Å². The summed E-state index contributed by atoms with van der Waals surface area (Å²) in [7, 11) is 0. The second-order valence-electron chi connectivity index (χ2n) is 20.4. The largest absolute Gasteiger partial charge is 0.310 e. The second kappa shape index (κ2) is 18.8. The number of hydrogen-bond donors (Lipinski definition) is 0. The van der Waals surface area contributed by atoms with Gasteiger partial charge in [0.1, 0.15) is 0 Å². The Labute approximate surface area is 462 Å². The van der Waals surface area contributed by atoms with Crippen LogP contribution >= 0.6 is 0 Å². The average Bonchev–Trinajstić information content (AvgIpc) is 4.06. The third-order valence-electron chi connectivity index (χ3n) is 15.9. The molecule has 6 heteroatoms. The molecular weight excluding hydrogens is 973 g/mol. The molecule has 6 nitrogen and oxygen atoms in total. The lowest BCUT2D eigenvalue weighted by molar-refractivity contribution is 1.18. The third-order valence-corrected chi connectivity index (χ3v) is 15.9. The van der Waals surface area contributed by atoms with Gasteiger partial charge in [0.05, 0.1) is 46.0 Å². The lowest BCUT2D eigenvalue weighted by atomic mass is 9.95. The Morgan fingerprint density at radius 3 is 1.34 bits per heavy atom. The van der Waals surface area contributed by atoms with Gasteiger partial charge in [-0.3, -0.25) is 0 Å². The van der Waals surface area contributed by atoms with Crippen molar-refractivity contribution in [2.45, 2.75) is 0 Å². The molecule has 0 saturated heterocycles. The maximum absolute atomic E-state index is 9.59. The van der Waals surface area contributed by atoms with E-state index in [0.29, 0.717) is 11.3 Å². The van der Waals surface area contributed by atoms with Gasteiger partial charge in [-0.2, -0.15) is 5.26 Å². The van der Waals surface area contributed by atoms with Crippen molar-refractivity contribution >= 4 is 116 Å². The maximum atomic E-state index is 9.59. The van der Waals surface area contributed by atoms with Gasteiger partial charge in [0.15, 0.2) is 5.69 Å². The van der Waals surface area contributed by atoms with Gasteiger partial charge < -0.3 is 18.9 Å². The first-order valence-corrected chi connectivity index (χ1v) is 26.8. The van der Waals surface area contributed by atoms with Gasteiger partial charge in [0, 0.05) is 66.7 Å². The molecule has 15 aromatic rings. The molecule has 0 aliphatic heterocycles. The lowest BCUT2D eigenvalue weighted by Gasteiger charge is -2.28. The number of para-hydroxylation sites is 2. The van der Waals surface area contributed by atoms with Crippen LogP contribution in [0.5, 0.6) is 0 Å². The van der Waals surface area contributed by atoms with Crippen LogP contribution in [0.2, 0.25) is 0 Å². The Morgan fingerprint density at radius 1 is 0.338 bits per heavy atom. The summed E-state index contributed by atoms with van der Waals surface area (Å²) in [5, 5.41) is 21.2. The van der Waals surface area contributed by atoms with Crippen molar-refractivity contribution in [1.82, 2.24) is 9.13 Å². The lowest BCUT2D eigenvalue weighted by Crippen LogP contribution is -2.11. The van der Waals surface area contributed by atoms with Gasteiger partial charge in [0.2, 0.25) is 0 Å². The Morgan fingerprint density at radius 2 is 0.775 bits per heavy atom. The normalized spacial score (nSPS) is 11.5. The minimum absolute atomic E-state index is 0.620. The molecule has 0 amide bonds.